The number of rotatable bonds is 8. The van der Waals surface area contributed by atoms with Crippen molar-refractivity contribution in [3.05, 3.63) is 73.2 Å². The van der Waals surface area contributed by atoms with Crippen LogP contribution in [0.1, 0.15) is 38.2 Å². The molecule has 0 saturated carbocycles. The molecule has 1 atom stereocenters. The van der Waals surface area contributed by atoms with Crippen molar-refractivity contribution >= 4 is 0 Å². The lowest BCUT2D eigenvalue weighted by Gasteiger charge is -2.31. The monoisotopic (exact) mass is 281 g/mol. The van der Waals surface area contributed by atoms with E-state index < -0.39 is 0 Å². The highest BCUT2D eigenvalue weighted by Gasteiger charge is 2.26. The summed E-state index contributed by atoms with van der Waals surface area (Å²) in [5.74, 6) is 0.950. The first-order chi connectivity index (χ1) is 10.2. The van der Waals surface area contributed by atoms with Crippen LogP contribution in [0.5, 0.6) is 5.75 Å². The number of hydrogen-bond donors (Lipinski definition) is 0. The van der Waals surface area contributed by atoms with E-state index in [2.05, 4.69) is 44.2 Å². The molecule has 0 N–H and O–H groups in total. The molecule has 2 aromatic carbocycles. The minimum atomic E-state index is -0.169. The minimum absolute atomic E-state index is 0.169. The van der Waals surface area contributed by atoms with E-state index >= 15 is 0 Å². The average Bonchev–Trinajstić information content (AvgIpc) is 2.49. The average molecular weight is 281 g/mol. The summed E-state index contributed by atoms with van der Waals surface area (Å²) in [5.41, 5.74) is 1.16. The molecule has 1 unspecified atom stereocenters. The summed E-state index contributed by atoms with van der Waals surface area (Å²) in [7, 11) is 0. The lowest BCUT2D eigenvalue weighted by molar-refractivity contribution is 0.0765. The van der Waals surface area contributed by atoms with Gasteiger partial charge < -0.3 is 4.74 Å². The van der Waals surface area contributed by atoms with Crippen LogP contribution in [0.2, 0.25) is 0 Å². The molecule has 0 spiro atoms. The molecule has 0 aliphatic carbocycles. The minimum Gasteiger partial charge on any atom is -0.487 e. The van der Waals surface area contributed by atoms with Gasteiger partial charge in [-0.05, 0) is 37.5 Å². The highest BCUT2D eigenvalue weighted by atomic mass is 16.5. The van der Waals surface area contributed by atoms with Gasteiger partial charge in [-0.15, -0.1) is 0 Å². The summed E-state index contributed by atoms with van der Waals surface area (Å²) in [4.78, 5) is 0. The topological polar surface area (TPSA) is 9.23 Å². The number of para-hydroxylation sites is 1. The Hall–Kier alpha value is -1.76. The van der Waals surface area contributed by atoms with E-state index in [9.17, 15) is 0 Å². The van der Waals surface area contributed by atoms with E-state index in [1.807, 2.05) is 30.3 Å². The lowest BCUT2D eigenvalue weighted by atomic mass is 9.90. The van der Waals surface area contributed by atoms with Crippen LogP contribution in [0.4, 0.5) is 0 Å². The molecule has 0 amide bonds. The molecule has 0 aliphatic rings. The number of benzene rings is 2. The van der Waals surface area contributed by atoms with Crippen LogP contribution in [0.3, 0.4) is 0 Å². The Kier molecular flexibility index (Phi) is 5.86. The molecule has 1 nitrogen and oxygen atoms in total. The molecule has 0 fully saturated rings. The Bertz CT molecular complexity index is 462. The molecule has 0 aliphatic heterocycles. The fourth-order valence-electron chi connectivity index (χ4n) is 2.65. The highest BCUT2D eigenvalue weighted by molar-refractivity contribution is 5.23. The van der Waals surface area contributed by atoms with Crippen molar-refractivity contribution in [2.24, 2.45) is 0 Å². The van der Waals surface area contributed by atoms with E-state index in [0.717, 1.165) is 37.9 Å². The third-order valence-electron chi connectivity index (χ3n) is 3.73. The third kappa shape index (κ3) is 5.26. The molecule has 0 bridgehead atoms. The first-order valence-corrected chi connectivity index (χ1v) is 7.79. The largest absolute Gasteiger partial charge is 0.487 e. The van der Waals surface area contributed by atoms with E-state index in [1.165, 1.54) is 5.56 Å². The Labute approximate surface area is 129 Å². The van der Waals surface area contributed by atoms with Gasteiger partial charge in [-0.1, -0.05) is 68.3 Å². The molecule has 0 heterocycles. The van der Waals surface area contributed by atoms with Crippen LogP contribution < -0.4 is 4.74 Å². The predicted molar refractivity (Wildman–Crippen MR) is 89.4 cm³/mol. The molecule has 1 heteroatoms. The van der Waals surface area contributed by atoms with Crippen LogP contribution >= 0.6 is 0 Å². The van der Waals surface area contributed by atoms with Crippen molar-refractivity contribution < 1.29 is 4.74 Å². The van der Waals surface area contributed by atoms with Gasteiger partial charge in [0.1, 0.15) is 11.4 Å². The van der Waals surface area contributed by atoms with Gasteiger partial charge in [0.15, 0.2) is 0 Å². The molecular weight excluding hydrogens is 256 g/mol. The van der Waals surface area contributed by atoms with Crippen LogP contribution in [0.15, 0.2) is 60.7 Å². The van der Waals surface area contributed by atoms with Gasteiger partial charge >= 0.3 is 0 Å². The van der Waals surface area contributed by atoms with Crippen LogP contribution in [-0.2, 0) is 6.42 Å². The van der Waals surface area contributed by atoms with Gasteiger partial charge in [-0.25, -0.2) is 0 Å². The molecule has 2 aromatic rings. The Morgan fingerprint density at radius 3 is 2.14 bits per heavy atom. The first kappa shape index (κ1) is 15.6. The molecule has 0 saturated heterocycles. The Morgan fingerprint density at radius 2 is 1.52 bits per heavy atom. The van der Waals surface area contributed by atoms with Crippen molar-refractivity contribution in [3.63, 3.8) is 0 Å². The normalized spacial score (nSPS) is 13.6. The van der Waals surface area contributed by atoms with Crippen molar-refractivity contribution in [2.75, 3.05) is 0 Å². The van der Waals surface area contributed by atoms with Crippen molar-refractivity contribution in [2.45, 2.75) is 44.6 Å². The van der Waals surface area contributed by atoms with Gasteiger partial charge in [-0.3, -0.25) is 0 Å². The second-order valence-corrected chi connectivity index (χ2v) is 5.84. The molecule has 0 aromatic heterocycles. The maximum Gasteiger partial charge on any atom is 0.120 e. The van der Waals surface area contributed by atoms with Crippen molar-refractivity contribution in [3.8, 4) is 5.75 Å². The molecule has 2 rings (SSSR count). The van der Waals surface area contributed by atoms with Gasteiger partial charge in [0.05, 0.1) is 0 Å². The highest BCUT2D eigenvalue weighted by Crippen LogP contribution is 2.27. The Morgan fingerprint density at radius 1 is 0.905 bits per heavy atom. The summed E-state index contributed by atoms with van der Waals surface area (Å²) >= 11 is 0. The first-order valence-electron chi connectivity index (χ1n) is 7.79. The summed E-state index contributed by atoms with van der Waals surface area (Å²) in [5, 5.41) is 0. The number of ether oxygens (including phenoxy) is 1. The quantitative estimate of drug-likeness (QED) is 0.584. The van der Waals surface area contributed by atoms with Crippen molar-refractivity contribution in [1.82, 2.24) is 0 Å². The number of unbranched alkanes of at least 4 members (excludes halogenated alkanes) is 2. The molecule has 21 heavy (non-hydrogen) atoms. The maximum atomic E-state index is 6.33. The SMILES string of the molecule is [CH2]CCCCC(C)(Cc1ccccc1)Oc1ccccc1. The standard InChI is InChI=1S/C20H25O/c1-3-4-11-16-20(2,17-18-12-7-5-8-13-18)21-19-14-9-6-10-15-19/h5-10,12-15H,1,3-4,11,16-17H2,2H3. The Balaban J connectivity index is 2.09. The lowest BCUT2D eigenvalue weighted by Crippen LogP contribution is -2.35. The molecular formula is C20H25O. The molecule has 111 valence electrons. The fraction of sp³-hybridized carbons (Fsp3) is 0.350. The fourth-order valence-corrected chi connectivity index (χ4v) is 2.65. The number of hydrogen-bond acceptors (Lipinski definition) is 1. The summed E-state index contributed by atoms with van der Waals surface area (Å²) in [6, 6.07) is 20.7. The van der Waals surface area contributed by atoms with Crippen LogP contribution in [0.25, 0.3) is 0 Å². The zero-order valence-corrected chi connectivity index (χ0v) is 12.9. The third-order valence-corrected chi connectivity index (χ3v) is 3.73. The van der Waals surface area contributed by atoms with E-state index in [0.29, 0.717) is 0 Å². The van der Waals surface area contributed by atoms with Crippen LogP contribution in [0, 0.1) is 6.92 Å². The smallest absolute Gasteiger partial charge is 0.120 e. The maximum absolute atomic E-state index is 6.33. The second-order valence-electron chi connectivity index (χ2n) is 5.84. The zero-order valence-electron chi connectivity index (χ0n) is 12.9. The van der Waals surface area contributed by atoms with Crippen molar-refractivity contribution in [1.29, 1.82) is 0 Å². The van der Waals surface area contributed by atoms with E-state index in [1.54, 1.807) is 0 Å². The van der Waals surface area contributed by atoms with Crippen LogP contribution in [-0.4, -0.2) is 5.60 Å². The van der Waals surface area contributed by atoms with Gasteiger partial charge in [-0.2, -0.15) is 0 Å². The van der Waals surface area contributed by atoms with Gasteiger partial charge in [0.25, 0.3) is 0 Å². The second kappa shape index (κ2) is 7.87. The predicted octanol–water partition coefficient (Wildman–Crippen LogP) is 5.46. The zero-order chi connectivity index (χ0) is 15.0. The summed E-state index contributed by atoms with van der Waals surface area (Å²) in [6.45, 7) is 6.15. The van der Waals surface area contributed by atoms with E-state index in [4.69, 9.17) is 4.74 Å². The van der Waals surface area contributed by atoms with E-state index in [-0.39, 0.29) is 5.60 Å². The summed E-state index contributed by atoms with van der Waals surface area (Å²) in [6.07, 6.45) is 5.28. The van der Waals surface area contributed by atoms with Gasteiger partial charge in [0, 0.05) is 6.42 Å². The van der Waals surface area contributed by atoms with Gasteiger partial charge in [0.2, 0.25) is 0 Å². The molecule has 1 radical (unpaired) electrons. The summed E-state index contributed by atoms with van der Waals surface area (Å²) < 4.78 is 6.33.